The van der Waals surface area contributed by atoms with E-state index in [-0.39, 0.29) is 12.5 Å². The summed E-state index contributed by atoms with van der Waals surface area (Å²) >= 11 is 0. The van der Waals surface area contributed by atoms with Crippen LogP contribution in [-0.2, 0) is 14.3 Å². The zero-order chi connectivity index (χ0) is 50.1. The molecule has 69 heavy (non-hydrogen) atoms. The number of carbonyl (C=O) groups excluding carboxylic acids is 1. The van der Waals surface area contributed by atoms with E-state index in [4.69, 9.17) is 9.47 Å². The van der Waals surface area contributed by atoms with Gasteiger partial charge in [-0.05, 0) is 64.2 Å². The van der Waals surface area contributed by atoms with E-state index in [1.165, 1.54) is 186 Å². The zero-order valence-electron chi connectivity index (χ0n) is 44.8. The highest BCUT2D eigenvalue weighted by atomic mass is 16.7. The minimum atomic E-state index is -1.58. The molecular weight excluding hydrogens is 863 g/mol. The number of hydrogen-bond donors (Lipinski definition) is 6. The highest BCUT2D eigenvalue weighted by Gasteiger charge is 2.44. The van der Waals surface area contributed by atoms with Crippen LogP contribution in [0.2, 0.25) is 0 Å². The van der Waals surface area contributed by atoms with E-state index in [0.717, 1.165) is 64.2 Å². The van der Waals surface area contributed by atoms with Gasteiger partial charge in [0.15, 0.2) is 6.29 Å². The lowest BCUT2D eigenvalue weighted by Gasteiger charge is -2.40. The van der Waals surface area contributed by atoms with Crippen molar-refractivity contribution in [3.63, 3.8) is 0 Å². The number of hydrogen-bond acceptors (Lipinski definition) is 8. The third kappa shape index (κ3) is 39.4. The minimum Gasteiger partial charge on any atom is -0.394 e. The lowest BCUT2D eigenvalue weighted by Crippen LogP contribution is -2.60. The average Bonchev–Trinajstić information content (AvgIpc) is 3.35. The molecule has 0 aromatic rings. The Hall–Kier alpha value is -1.85. The zero-order valence-corrected chi connectivity index (χ0v) is 44.8. The van der Waals surface area contributed by atoms with Crippen LogP contribution in [0.25, 0.3) is 0 Å². The first kappa shape index (κ1) is 65.2. The monoisotopic (exact) mass is 974 g/mol. The summed E-state index contributed by atoms with van der Waals surface area (Å²) < 4.78 is 11.2. The summed E-state index contributed by atoms with van der Waals surface area (Å²) in [5.74, 6) is -0.199. The summed E-state index contributed by atoms with van der Waals surface area (Å²) in [7, 11) is 0. The number of nitrogens with one attached hydrogen (secondary N) is 1. The van der Waals surface area contributed by atoms with Crippen LogP contribution >= 0.6 is 0 Å². The van der Waals surface area contributed by atoms with E-state index < -0.39 is 49.5 Å². The van der Waals surface area contributed by atoms with Gasteiger partial charge in [0.05, 0.1) is 25.4 Å². The molecule has 1 saturated heterocycles. The van der Waals surface area contributed by atoms with E-state index in [1.807, 2.05) is 6.08 Å². The Morgan fingerprint density at radius 3 is 1.32 bits per heavy atom. The fourth-order valence-electron chi connectivity index (χ4n) is 9.20. The van der Waals surface area contributed by atoms with E-state index in [1.54, 1.807) is 6.08 Å². The normalized spacial score (nSPS) is 19.8. The maximum Gasteiger partial charge on any atom is 0.220 e. The standard InChI is InChI=1S/C60H111NO8/c1-3-5-7-9-11-13-15-17-19-21-22-23-24-25-26-27-28-29-30-31-32-33-34-35-37-39-41-43-45-47-49-54(63)53(52-68-60-59(67)58(66)57(65)55(51-62)69-60)61-56(64)50-48-46-44-42-40-38-36-20-18-16-14-12-10-8-6-4-2/h14,16,20,36,39,41,47,49,53-55,57-60,62-63,65-67H,3-13,15,17-19,21-35,37-38,40,42-46,48,50-52H2,1-2H3,(H,61,64)/b16-14-,36-20-,41-39+,49-47+. The highest BCUT2D eigenvalue weighted by molar-refractivity contribution is 5.76. The van der Waals surface area contributed by atoms with Gasteiger partial charge in [0.25, 0.3) is 0 Å². The summed E-state index contributed by atoms with van der Waals surface area (Å²) in [5, 5.41) is 54.4. The first-order valence-corrected chi connectivity index (χ1v) is 29.4. The second-order valence-corrected chi connectivity index (χ2v) is 20.4. The molecule has 1 aliphatic heterocycles. The van der Waals surface area contributed by atoms with Crippen LogP contribution in [0.5, 0.6) is 0 Å². The third-order valence-corrected chi connectivity index (χ3v) is 13.9. The number of rotatable bonds is 50. The summed E-state index contributed by atoms with van der Waals surface area (Å²) in [5.41, 5.74) is 0. The molecule has 404 valence electrons. The molecule has 1 fully saturated rings. The second kappa shape index (κ2) is 49.7. The van der Waals surface area contributed by atoms with E-state index in [0.29, 0.717) is 6.42 Å². The fraction of sp³-hybridized carbons (Fsp3) is 0.850. The smallest absolute Gasteiger partial charge is 0.220 e. The molecule has 0 saturated carbocycles. The predicted octanol–water partition coefficient (Wildman–Crippen LogP) is 14.5. The van der Waals surface area contributed by atoms with Crippen LogP contribution in [0.1, 0.15) is 271 Å². The van der Waals surface area contributed by atoms with Crippen molar-refractivity contribution in [2.75, 3.05) is 13.2 Å². The maximum atomic E-state index is 13.0. The van der Waals surface area contributed by atoms with Crippen LogP contribution in [0.3, 0.4) is 0 Å². The number of aliphatic hydroxyl groups excluding tert-OH is 5. The quantitative estimate of drug-likeness (QED) is 0.0261. The van der Waals surface area contributed by atoms with Crippen molar-refractivity contribution in [2.45, 2.75) is 314 Å². The van der Waals surface area contributed by atoms with Crippen molar-refractivity contribution < 1.29 is 39.8 Å². The number of ether oxygens (including phenoxy) is 2. The van der Waals surface area contributed by atoms with Gasteiger partial charge in [-0.3, -0.25) is 4.79 Å². The minimum absolute atomic E-state index is 0.199. The first-order valence-electron chi connectivity index (χ1n) is 29.4. The lowest BCUT2D eigenvalue weighted by molar-refractivity contribution is -0.302. The van der Waals surface area contributed by atoms with Crippen LogP contribution in [0, 0.1) is 0 Å². The fourth-order valence-corrected chi connectivity index (χ4v) is 9.20. The van der Waals surface area contributed by atoms with Crippen molar-refractivity contribution in [3.05, 3.63) is 48.6 Å². The van der Waals surface area contributed by atoms with Crippen molar-refractivity contribution in [1.82, 2.24) is 5.32 Å². The van der Waals surface area contributed by atoms with Crippen molar-refractivity contribution in [2.24, 2.45) is 0 Å². The van der Waals surface area contributed by atoms with Gasteiger partial charge in [0.2, 0.25) is 5.91 Å². The van der Waals surface area contributed by atoms with Crippen LogP contribution in [0.15, 0.2) is 48.6 Å². The lowest BCUT2D eigenvalue weighted by atomic mass is 9.99. The summed E-state index contributed by atoms with van der Waals surface area (Å²) in [6.45, 7) is 3.76. The van der Waals surface area contributed by atoms with Gasteiger partial charge >= 0.3 is 0 Å². The molecule has 1 aliphatic rings. The van der Waals surface area contributed by atoms with Gasteiger partial charge in [-0.1, -0.05) is 249 Å². The molecule has 0 aliphatic carbocycles. The number of carbonyl (C=O) groups is 1. The van der Waals surface area contributed by atoms with Gasteiger partial charge in [0.1, 0.15) is 24.4 Å². The molecule has 1 amide bonds. The largest absolute Gasteiger partial charge is 0.394 e. The Bertz CT molecular complexity index is 1220. The Morgan fingerprint density at radius 1 is 0.493 bits per heavy atom. The van der Waals surface area contributed by atoms with Crippen LogP contribution in [0.4, 0.5) is 0 Å². The molecule has 9 heteroatoms. The summed E-state index contributed by atoms with van der Waals surface area (Å²) in [6, 6.07) is -0.831. The second-order valence-electron chi connectivity index (χ2n) is 20.4. The summed E-state index contributed by atoms with van der Waals surface area (Å²) in [4.78, 5) is 13.0. The molecule has 0 bridgehead atoms. The van der Waals surface area contributed by atoms with Gasteiger partial charge in [-0.15, -0.1) is 0 Å². The van der Waals surface area contributed by atoms with Crippen LogP contribution in [-0.4, -0.2) is 87.5 Å². The van der Waals surface area contributed by atoms with Crippen molar-refractivity contribution in [3.8, 4) is 0 Å². The molecule has 1 heterocycles. The highest BCUT2D eigenvalue weighted by Crippen LogP contribution is 2.23. The molecule has 0 aromatic carbocycles. The molecule has 0 aromatic heterocycles. The maximum absolute atomic E-state index is 13.0. The average molecular weight is 975 g/mol. The number of aliphatic hydroxyl groups is 5. The summed E-state index contributed by atoms with van der Waals surface area (Å²) in [6.07, 6.45) is 59.1. The van der Waals surface area contributed by atoms with Gasteiger partial charge in [-0.2, -0.15) is 0 Å². The van der Waals surface area contributed by atoms with E-state index in [2.05, 4.69) is 55.6 Å². The Kier molecular flexibility index (Phi) is 47.0. The Labute approximate surface area is 424 Å². The molecule has 7 atom stereocenters. The topological polar surface area (TPSA) is 149 Å². The van der Waals surface area contributed by atoms with Gasteiger partial charge in [0, 0.05) is 6.42 Å². The molecule has 1 rings (SSSR count). The molecule has 6 N–H and O–H groups in total. The molecule has 0 spiro atoms. The SMILES string of the molecule is CCCCCC/C=C\C/C=C\CCCCCCCC(=O)NC(COC1OC(CO)C(O)C(O)C1O)C(O)/C=C/CC/C=C/CCCCCCCCCCCCCCCCCCCCCCCCCC. The van der Waals surface area contributed by atoms with Crippen molar-refractivity contribution in [1.29, 1.82) is 0 Å². The molecule has 7 unspecified atom stereocenters. The Balaban J connectivity index is 2.21. The van der Waals surface area contributed by atoms with E-state index >= 15 is 0 Å². The number of amides is 1. The molecule has 9 nitrogen and oxygen atoms in total. The van der Waals surface area contributed by atoms with E-state index in [9.17, 15) is 30.3 Å². The molecular formula is C60H111NO8. The van der Waals surface area contributed by atoms with Crippen LogP contribution < -0.4 is 5.32 Å². The molecule has 0 radical (unpaired) electrons. The first-order chi connectivity index (χ1) is 33.8. The van der Waals surface area contributed by atoms with Gasteiger partial charge in [-0.25, -0.2) is 0 Å². The Morgan fingerprint density at radius 2 is 0.870 bits per heavy atom. The van der Waals surface area contributed by atoms with Gasteiger partial charge < -0.3 is 40.3 Å². The predicted molar refractivity (Wildman–Crippen MR) is 290 cm³/mol. The number of allylic oxidation sites excluding steroid dienone is 7. The number of unbranched alkanes of at least 4 members (excludes halogenated alkanes) is 34. The third-order valence-electron chi connectivity index (χ3n) is 13.9. The van der Waals surface area contributed by atoms with Crippen molar-refractivity contribution >= 4 is 5.91 Å².